The van der Waals surface area contributed by atoms with Crippen molar-refractivity contribution in [2.24, 2.45) is 0 Å². The van der Waals surface area contributed by atoms with Crippen LogP contribution in [0.25, 0.3) is 0 Å². The zero-order chi connectivity index (χ0) is 18.5. The fourth-order valence-corrected chi connectivity index (χ4v) is 3.36. The zero-order valence-corrected chi connectivity index (χ0v) is 16.1. The van der Waals surface area contributed by atoms with Crippen LogP contribution in [0.4, 0.5) is 11.4 Å². The van der Waals surface area contributed by atoms with Crippen LogP contribution < -0.4 is 19.9 Å². The summed E-state index contributed by atoms with van der Waals surface area (Å²) in [6.07, 6.45) is 0. The summed E-state index contributed by atoms with van der Waals surface area (Å²) in [6.45, 7) is 4.11. The molecule has 0 aliphatic carbocycles. The lowest BCUT2D eigenvalue weighted by Crippen LogP contribution is -3.15. The van der Waals surface area contributed by atoms with Gasteiger partial charge < -0.3 is 19.9 Å². The van der Waals surface area contributed by atoms with E-state index in [0.717, 1.165) is 31.9 Å². The Morgan fingerprint density at radius 1 is 1.12 bits per heavy atom. The van der Waals surface area contributed by atoms with Crippen molar-refractivity contribution >= 4 is 40.5 Å². The quantitative estimate of drug-likeness (QED) is 0.817. The number of hydrogen-bond donors (Lipinski definition) is 2. The molecule has 0 unspecified atom stereocenters. The number of nitrogens with one attached hydrogen (secondary N) is 2. The Morgan fingerprint density at radius 3 is 2.42 bits per heavy atom. The van der Waals surface area contributed by atoms with Gasteiger partial charge >= 0.3 is 0 Å². The number of carbonyl (C=O) groups excluding carboxylic acids is 1. The summed E-state index contributed by atoms with van der Waals surface area (Å²) in [5.41, 5.74) is 1.85. The molecule has 0 saturated carbocycles. The highest BCUT2D eigenvalue weighted by atomic mass is 35.5. The highest BCUT2D eigenvalue weighted by Crippen LogP contribution is 2.24. The molecule has 26 heavy (non-hydrogen) atoms. The van der Waals surface area contributed by atoms with Crippen LogP contribution in [-0.2, 0) is 4.79 Å². The Morgan fingerprint density at radius 2 is 1.81 bits per heavy atom. The fourth-order valence-electron chi connectivity index (χ4n) is 3.06. The number of anilines is 2. The van der Waals surface area contributed by atoms with Gasteiger partial charge in [-0.1, -0.05) is 23.2 Å². The highest BCUT2D eigenvalue weighted by Gasteiger charge is 2.22. The number of piperazine rings is 1. The number of rotatable bonds is 5. The SMILES string of the molecule is COc1ccc(N2CC[NH+](CC(=O)Nc3ccc(Cl)c(Cl)c3)CC2)cc1. The third-order valence-electron chi connectivity index (χ3n) is 4.52. The van der Waals surface area contributed by atoms with E-state index < -0.39 is 0 Å². The number of benzene rings is 2. The van der Waals surface area contributed by atoms with E-state index in [1.165, 1.54) is 10.6 Å². The summed E-state index contributed by atoms with van der Waals surface area (Å²) in [7, 11) is 1.67. The molecule has 1 heterocycles. The second-order valence-corrected chi connectivity index (χ2v) is 7.10. The number of hydrogen-bond acceptors (Lipinski definition) is 3. The van der Waals surface area contributed by atoms with E-state index in [2.05, 4.69) is 22.3 Å². The van der Waals surface area contributed by atoms with Gasteiger partial charge in [0.1, 0.15) is 5.75 Å². The lowest BCUT2D eigenvalue weighted by atomic mass is 10.2. The van der Waals surface area contributed by atoms with Crippen LogP contribution in [0.1, 0.15) is 0 Å². The Labute approximate surface area is 163 Å². The van der Waals surface area contributed by atoms with Crippen LogP contribution in [0.3, 0.4) is 0 Å². The summed E-state index contributed by atoms with van der Waals surface area (Å²) in [4.78, 5) is 15.9. The topological polar surface area (TPSA) is 46.0 Å². The Bertz CT molecular complexity index is 760. The third kappa shape index (κ3) is 4.81. The van der Waals surface area contributed by atoms with Crippen molar-refractivity contribution < 1.29 is 14.4 Å². The van der Waals surface area contributed by atoms with E-state index in [-0.39, 0.29) is 5.91 Å². The molecule has 0 bridgehead atoms. The fraction of sp³-hybridized carbons (Fsp3) is 0.316. The Kier molecular flexibility index (Phi) is 6.25. The van der Waals surface area contributed by atoms with E-state index >= 15 is 0 Å². The van der Waals surface area contributed by atoms with Gasteiger partial charge in [-0.3, -0.25) is 4.79 Å². The summed E-state index contributed by atoms with van der Waals surface area (Å²) in [5.74, 6) is 0.841. The first-order valence-corrected chi connectivity index (χ1v) is 9.28. The number of carbonyl (C=O) groups is 1. The van der Waals surface area contributed by atoms with Gasteiger partial charge in [0.2, 0.25) is 0 Å². The number of methoxy groups -OCH3 is 1. The van der Waals surface area contributed by atoms with Crippen molar-refractivity contribution in [1.29, 1.82) is 0 Å². The van der Waals surface area contributed by atoms with E-state index in [1.807, 2.05) is 12.1 Å². The maximum absolute atomic E-state index is 12.3. The molecule has 0 aromatic heterocycles. The molecule has 1 saturated heterocycles. The van der Waals surface area contributed by atoms with Crippen molar-refractivity contribution in [3.05, 3.63) is 52.5 Å². The lowest BCUT2D eigenvalue weighted by Gasteiger charge is -2.33. The van der Waals surface area contributed by atoms with Crippen LogP contribution in [0, 0.1) is 0 Å². The molecule has 2 aromatic carbocycles. The average Bonchev–Trinajstić information content (AvgIpc) is 2.65. The minimum Gasteiger partial charge on any atom is -0.497 e. The second kappa shape index (κ2) is 8.62. The molecule has 3 rings (SSSR count). The van der Waals surface area contributed by atoms with Gasteiger partial charge in [0.05, 0.1) is 43.3 Å². The van der Waals surface area contributed by atoms with Gasteiger partial charge in [0, 0.05) is 11.4 Å². The maximum Gasteiger partial charge on any atom is 0.279 e. The molecule has 1 fully saturated rings. The second-order valence-electron chi connectivity index (χ2n) is 6.29. The summed E-state index contributed by atoms with van der Waals surface area (Å²) >= 11 is 11.9. The number of nitrogens with zero attached hydrogens (tertiary/aromatic N) is 1. The normalized spacial score (nSPS) is 15.0. The molecular weight excluding hydrogens is 373 g/mol. The molecule has 0 spiro atoms. The van der Waals surface area contributed by atoms with E-state index in [0.29, 0.717) is 22.3 Å². The average molecular weight is 395 g/mol. The highest BCUT2D eigenvalue weighted by molar-refractivity contribution is 6.42. The zero-order valence-electron chi connectivity index (χ0n) is 14.6. The first-order chi connectivity index (χ1) is 12.5. The van der Waals surface area contributed by atoms with Gasteiger partial charge in [-0.2, -0.15) is 0 Å². The standard InChI is InChI=1S/C19H21Cl2N3O2/c1-26-16-5-3-15(4-6-16)24-10-8-23(9-11-24)13-19(25)22-14-2-7-17(20)18(21)12-14/h2-7,12H,8-11,13H2,1H3,(H,22,25)/p+1. The monoisotopic (exact) mass is 394 g/mol. The lowest BCUT2D eigenvalue weighted by molar-refractivity contribution is -0.892. The van der Waals surface area contributed by atoms with E-state index in [4.69, 9.17) is 27.9 Å². The maximum atomic E-state index is 12.3. The minimum atomic E-state index is -0.0173. The molecule has 1 amide bonds. The summed E-state index contributed by atoms with van der Waals surface area (Å²) in [5, 5.41) is 3.79. The Hall–Kier alpha value is -1.95. The molecule has 0 atom stereocenters. The summed E-state index contributed by atoms with van der Waals surface area (Å²) < 4.78 is 5.20. The van der Waals surface area contributed by atoms with Crippen LogP contribution in [0.5, 0.6) is 5.75 Å². The van der Waals surface area contributed by atoms with Crippen molar-refractivity contribution in [1.82, 2.24) is 0 Å². The first-order valence-electron chi connectivity index (χ1n) is 8.52. The molecular formula is C19H22Cl2N3O2+. The van der Waals surface area contributed by atoms with Crippen LogP contribution >= 0.6 is 23.2 Å². The molecule has 1 aliphatic rings. The van der Waals surface area contributed by atoms with Crippen LogP contribution in [0.2, 0.25) is 10.0 Å². The van der Waals surface area contributed by atoms with Crippen molar-refractivity contribution in [3.8, 4) is 5.75 Å². The van der Waals surface area contributed by atoms with Crippen molar-refractivity contribution in [2.45, 2.75) is 0 Å². The van der Waals surface area contributed by atoms with Gasteiger partial charge in [-0.05, 0) is 42.5 Å². The third-order valence-corrected chi connectivity index (χ3v) is 5.26. The van der Waals surface area contributed by atoms with Gasteiger partial charge in [-0.25, -0.2) is 0 Å². The molecule has 7 heteroatoms. The predicted octanol–water partition coefficient (Wildman–Crippen LogP) is 2.35. The summed E-state index contributed by atoms with van der Waals surface area (Å²) in [6, 6.07) is 13.2. The minimum absolute atomic E-state index is 0.0173. The van der Waals surface area contributed by atoms with Gasteiger partial charge in [-0.15, -0.1) is 0 Å². The van der Waals surface area contributed by atoms with Crippen molar-refractivity contribution in [3.63, 3.8) is 0 Å². The number of quaternary nitrogens is 1. The van der Waals surface area contributed by atoms with Crippen LogP contribution in [-0.4, -0.2) is 45.7 Å². The van der Waals surface area contributed by atoms with E-state index in [9.17, 15) is 4.79 Å². The number of ether oxygens (including phenoxy) is 1. The number of halogens is 2. The first kappa shape index (κ1) is 18.8. The molecule has 1 aliphatic heterocycles. The molecule has 138 valence electrons. The largest absolute Gasteiger partial charge is 0.497 e. The number of amides is 1. The van der Waals surface area contributed by atoms with Crippen LogP contribution in [0.15, 0.2) is 42.5 Å². The molecule has 2 aromatic rings. The van der Waals surface area contributed by atoms with Gasteiger partial charge in [0.25, 0.3) is 5.91 Å². The smallest absolute Gasteiger partial charge is 0.279 e. The van der Waals surface area contributed by atoms with E-state index in [1.54, 1.807) is 25.3 Å². The predicted molar refractivity (Wildman–Crippen MR) is 106 cm³/mol. The molecule has 2 N–H and O–H groups in total. The van der Waals surface area contributed by atoms with Gasteiger partial charge in [0.15, 0.2) is 6.54 Å². The Balaban J connectivity index is 1.48. The molecule has 5 nitrogen and oxygen atoms in total. The molecule has 0 radical (unpaired) electrons. The van der Waals surface area contributed by atoms with Crippen molar-refractivity contribution in [2.75, 3.05) is 50.1 Å².